The number of carbonyl (C=O) groups is 1. The molecule has 0 atom stereocenters. The Morgan fingerprint density at radius 1 is 1.16 bits per heavy atom. The monoisotopic (exact) mass is 453 g/mol. The van der Waals surface area contributed by atoms with Crippen LogP contribution >= 0.6 is 11.6 Å². The number of piperidine rings is 1. The molecule has 7 nitrogen and oxygen atoms in total. The van der Waals surface area contributed by atoms with Crippen LogP contribution in [0.3, 0.4) is 0 Å². The van der Waals surface area contributed by atoms with Crippen molar-refractivity contribution in [1.82, 2.24) is 24.6 Å². The molecule has 3 aliphatic heterocycles. The second kappa shape index (κ2) is 7.89. The number of nitrogens with zero attached hydrogens (tertiary/aromatic N) is 4. The summed E-state index contributed by atoms with van der Waals surface area (Å²) in [6.45, 7) is 4.05. The Kier molecular flexibility index (Phi) is 4.99. The fourth-order valence-electron chi connectivity index (χ4n) is 5.83. The highest BCUT2D eigenvalue weighted by molar-refractivity contribution is 6.35. The van der Waals surface area contributed by atoms with E-state index < -0.39 is 0 Å². The fourth-order valence-corrected chi connectivity index (χ4v) is 6.02. The molecule has 6 rings (SSSR count). The molecule has 2 fully saturated rings. The quantitative estimate of drug-likeness (QED) is 0.632. The highest BCUT2D eigenvalue weighted by Gasteiger charge is 2.42. The zero-order chi connectivity index (χ0) is 21.7. The van der Waals surface area contributed by atoms with Crippen LogP contribution in [0, 0.1) is 5.92 Å². The van der Waals surface area contributed by atoms with Gasteiger partial charge in [-0.3, -0.25) is 9.48 Å². The molecule has 6 heterocycles. The first-order chi connectivity index (χ1) is 15.6. The summed E-state index contributed by atoms with van der Waals surface area (Å²) < 4.78 is 7.63. The molecular formula is C24H28ClN5O2. The predicted molar refractivity (Wildman–Crippen MR) is 123 cm³/mol. The van der Waals surface area contributed by atoms with Gasteiger partial charge in [-0.2, -0.15) is 5.10 Å². The third kappa shape index (κ3) is 3.33. The largest absolute Gasteiger partial charge is 0.381 e. The number of halogens is 1. The molecule has 0 unspecified atom stereocenters. The number of aromatic amines is 1. The lowest BCUT2D eigenvalue weighted by atomic mass is 9.70. The van der Waals surface area contributed by atoms with E-state index in [0.717, 1.165) is 74.0 Å². The van der Waals surface area contributed by atoms with E-state index in [4.69, 9.17) is 21.4 Å². The summed E-state index contributed by atoms with van der Waals surface area (Å²) in [6, 6.07) is 4.32. The molecule has 168 valence electrons. The first kappa shape index (κ1) is 20.2. The van der Waals surface area contributed by atoms with Gasteiger partial charge in [0.1, 0.15) is 5.65 Å². The van der Waals surface area contributed by atoms with Gasteiger partial charge in [-0.15, -0.1) is 0 Å². The fraction of sp³-hybridized carbons (Fsp3) is 0.542. The topological polar surface area (TPSA) is 76.0 Å². The van der Waals surface area contributed by atoms with Crippen LogP contribution in [0.1, 0.15) is 44.2 Å². The van der Waals surface area contributed by atoms with Crippen molar-refractivity contribution in [2.24, 2.45) is 5.92 Å². The van der Waals surface area contributed by atoms with Gasteiger partial charge in [0.25, 0.3) is 0 Å². The molecule has 0 bridgehead atoms. The molecule has 8 heteroatoms. The summed E-state index contributed by atoms with van der Waals surface area (Å²) in [4.78, 5) is 22.7. The standard InChI is InChI=1S/C24H28ClN5O2/c25-19-15-27-22-18(19)12-17(14-26-22)20-13-21-24(4-1-7-30(21)28-20)5-8-29(9-6-24)23(31)16-2-10-32-11-3-16/h12-16H,1-11H2,(H,26,27). The van der Waals surface area contributed by atoms with Gasteiger partial charge >= 0.3 is 0 Å². The van der Waals surface area contributed by atoms with E-state index in [1.54, 1.807) is 6.20 Å². The van der Waals surface area contributed by atoms with Crippen LogP contribution in [0.2, 0.25) is 5.02 Å². The number of nitrogens with one attached hydrogen (secondary N) is 1. The van der Waals surface area contributed by atoms with Gasteiger partial charge in [-0.25, -0.2) is 4.98 Å². The van der Waals surface area contributed by atoms with Crippen LogP contribution in [0.5, 0.6) is 0 Å². The minimum Gasteiger partial charge on any atom is -0.381 e. The van der Waals surface area contributed by atoms with Crippen LogP contribution in [-0.2, 0) is 21.5 Å². The van der Waals surface area contributed by atoms with Crippen LogP contribution in [0.25, 0.3) is 22.3 Å². The lowest BCUT2D eigenvalue weighted by Crippen LogP contribution is -2.49. The molecule has 3 aromatic rings. The van der Waals surface area contributed by atoms with Gasteiger partial charge in [-0.1, -0.05) is 11.6 Å². The lowest BCUT2D eigenvalue weighted by Gasteiger charge is -2.45. The number of pyridine rings is 1. The van der Waals surface area contributed by atoms with E-state index in [-0.39, 0.29) is 11.3 Å². The summed E-state index contributed by atoms with van der Waals surface area (Å²) in [6.07, 6.45) is 9.67. The summed E-state index contributed by atoms with van der Waals surface area (Å²) in [7, 11) is 0. The number of H-pyrrole nitrogens is 1. The molecule has 1 amide bonds. The van der Waals surface area contributed by atoms with Crippen molar-refractivity contribution in [3.8, 4) is 11.3 Å². The third-order valence-corrected chi connectivity index (χ3v) is 8.04. The number of aryl methyl sites for hydroxylation is 1. The summed E-state index contributed by atoms with van der Waals surface area (Å²) in [5, 5.41) is 6.55. The van der Waals surface area contributed by atoms with E-state index in [1.807, 2.05) is 6.20 Å². The average molecular weight is 454 g/mol. The number of amides is 1. The highest BCUT2D eigenvalue weighted by Crippen LogP contribution is 2.44. The zero-order valence-electron chi connectivity index (χ0n) is 18.1. The number of ether oxygens (including phenoxy) is 1. The Hall–Kier alpha value is -2.38. The van der Waals surface area contributed by atoms with Crippen molar-refractivity contribution in [3.63, 3.8) is 0 Å². The summed E-state index contributed by atoms with van der Waals surface area (Å²) >= 11 is 6.31. The summed E-state index contributed by atoms with van der Waals surface area (Å²) in [5.74, 6) is 0.472. The van der Waals surface area contributed by atoms with Gasteiger partial charge in [-0.05, 0) is 50.7 Å². The van der Waals surface area contributed by atoms with Crippen molar-refractivity contribution >= 4 is 28.5 Å². The van der Waals surface area contributed by atoms with E-state index in [9.17, 15) is 4.79 Å². The van der Waals surface area contributed by atoms with Gasteiger partial charge in [0.15, 0.2) is 0 Å². The molecule has 0 aliphatic carbocycles. The average Bonchev–Trinajstić information content (AvgIpc) is 3.44. The van der Waals surface area contributed by atoms with Gasteiger partial charge in [0.05, 0.1) is 10.7 Å². The van der Waals surface area contributed by atoms with Crippen LogP contribution in [0.4, 0.5) is 0 Å². The number of likely N-dealkylation sites (tertiary alicyclic amines) is 1. The SMILES string of the molecule is O=C(C1CCOCC1)N1CCC2(CCCn3nc(-c4cnc5[nH]cc(Cl)c5c4)cc32)CC1. The normalized spacial score (nSPS) is 21.2. The number of hydrogen-bond donors (Lipinski definition) is 1. The molecule has 0 radical (unpaired) electrons. The Balaban J connectivity index is 1.25. The molecular weight excluding hydrogens is 426 g/mol. The molecule has 2 saturated heterocycles. The van der Waals surface area contributed by atoms with Crippen molar-refractivity contribution < 1.29 is 9.53 Å². The summed E-state index contributed by atoms with van der Waals surface area (Å²) in [5.41, 5.74) is 4.16. The van der Waals surface area contributed by atoms with Crippen LogP contribution in [0.15, 0.2) is 24.5 Å². The van der Waals surface area contributed by atoms with E-state index >= 15 is 0 Å². The maximum atomic E-state index is 13.0. The first-order valence-electron chi connectivity index (χ1n) is 11.7. The molecule has 3 aromatic heterocycles. The number of rotatable bonds is 2. The highest BCUT2D eigenvalue weighted by atomic mass is 35.5. The van der Waals surface area contributed by atoms with E-state index in [1.165, 1.54) is 12.1 Å². The Bertz CT molecular complexity index is 1150. The van der Waals surface area contributed by atoms with Gasteiger partial charge in [0, 0.05) is 73.2 Å². The van der Waals surface area contributed by atoms with Crippen LogP contribution < -0.4 is 0 Å². The van der Waals surface area contributed by atoms with Gasteiger partial charge in [0.2, 0.25) is 5.91 Å². The molecule has 0 aromatic carbocycles. The maximum absolute atomic E-state index is 13.0. The van der Waals surface area contributed by atoms with E-state index in [0.29, 0.717) is 24.1 Å². The number of hydrogen-bond acceptors (Lipinski definition) is 4. The zero-order valence-corrected chi connectivity index (χ0v) is 18.9. The van der Waals surface area contributed by atoms with Crippen molar-refractivity contribution in [2.45, 2.75) is 50.5 Å². The number of fused-ring (bicyclic) bond motifs is 3. The van der Waals surface area contributed by atoms with Crippen molar-refractivity contribution in [1.29, 1.82) is 0 Å². The Morgan fingerprint density at radius 3 is 2.78 bits per heavy atom. The minimum absolute atomic E-state index is 0.110. The Labute approximate surface area is 192 Å². The minimum atomic E-state index is 0.110. The third-order valence-electron chi connectivity index (χ3n) is 7.73. The maximum Gasteiger partial charge on any atom is 0.225 e. The first-order valence-corrected chi connectivity index (χ1v) is 12.1. The van der Waals surface area contributed by atoms with Crippen molar-refractivity contribution in [2.75, 3.05) is 26.3 Å². The molecule has 1 spiro atoms. The smallest absolute Gasteiger partial charge is 0.225 e. The lowest BCUT2D eigenvalue weighted by molar-refractivity contribution is -0.140. The van der Waals surface area contributed by atoms with Gasteiger partial charge < -0.3 is 14.6 Å². The second-order valence-corrected chi connectivity index (χ2v) is 9.90. The van der Waals surface area contributed by atoms with E-state index in [2.05, 4.69) is 31.7 Å². The Morgan fingerprint density at radius 2 is 1.97 bits per heavy atom. The predicted octanol–water partition coefficient (Wildman–Crippen LogP) is 4.16. The number of aromatic nitrogens is 4. The molecule has 32 heavy (non-hydrogen) atoms. The molecule has 1 N–H and O–H groups in total. The second-order valence-electron chi connectivity index (χ2n) is 9.49. The number of carbonyl (C=O) groups excluding carboxylic acids is 1. The van der Waals surface area contributed by atoms with Crippen LogP contribution in [-0.4, -0.2) is 56.9 Å². The van der Waals surface area contributed by atoms with Crippen molar-refractivity contribution in [3.05, 3.63) is 35.2 Å². The molecule has 3 aliphatic rings. The molecule has 0 saturated carbocycles.